The molecule has 1 atom stereocenters. The van der Waals surface area contributed by atoms with Crippen molar-refractivity contribution in [3.63, 3.8) is 0 Å². The van der Waals surface area contributed by atoms with Crippen molar-refractivity contribution >= 4 is 0 Å². The molecule has 1 nitrogen and oxygen atoms in total. The molecule has 14 heavy (non-hydrogen) atoms. The van der Waals surface area contributed by atoms with Crippen LogP contribution in [0.15, 0.2) is 12.1 Å². The summed E-state index contributed by atoms with van der Waals surface area (Å²) in [6, 6.07) is 3.17. The topological polar surface area (TPSA) is 9.23 Å². The van der Waals surface area contributed by atoms with E-state index in [0.717, 1.165) is 16.9 Å². The minimum absolute atomic E-state index is 0.133. The molecule has 0 aliphatic carbocycles. The van der Waals surface area contributed by atoms with Crippen LogP contribution in [0.1, 0.15) is 37.8 Å². The Morgan fingerprint density at radius 2 is 2.00 bits per heavy atom. The highest BCUT2D eigenvalue weighted by atomic mass is 19.1. The van der Waals surface area contributed by atoms with E-state index in [2.05, 4.69) is 6.92 Å². The third-order valence-corrected chi connectivity index (χ3v) is 2.39. The third kappa shape index (κ3) is 1.74. The molecular weight excluding hydrogens is 179 g/mol. The maximum Gasteiger partial charge on any atom is 0.126 e. The number of halogens is 1. The summed E-state index contributed by atoms with van der Waals surface area (Å²) in [5.41, 5.74) is 1.77. The maximum atomic E-state index is 13.1. The van der Waals surface area contributed by atoms with Gasteiger partial charge in [0.15, 0.2) is 0 Å². The van der Waals surface area contributed by atoms with Gasteiger partial charge in [0.05, 0.1) is 6.61 Å². The van der Waals surface area contributed by atoms with Crippen LogP contribution in [-0.4, -0.2) is 6.61 Å². The summed E-state index contributed by atoms with van der Waals surface area (Å²) in [5.74, 6) is 1.04. The largest absolute Gasteiger partial charge is 0.493 e. The van der Waals surface area contributed by atoms with Gasteiger partial charge in [-0.2, -0.15) is 0 Å². The molecule has 1 aromatic carbocycles. The van der Waals surface area contributed by atoms with E-state index in [-0.39, 0.29) is 5.82 Å². The van der Waals surface area contributed by atoms with Crippen molar-refractivity contribution in [2.24, 2.45) is 0 Å². The van der Waals surface area contributed by atoms with E-state index in [9.17, 15) is 4.39 Å². The summed E-state index contributed by atoms with van der Waals surface area (Å²) < 4.78 is 18.5. The Bertz CT molecular complexity index is 320. The van der Waals surface area contributed by atoms with Crippen LogP contribution >= 0.6 is 0 Å². The maximum absolute atomic E-state index is 13.1. The predicted octanol–water partition coefficient (Wildman–Crippen LogP) is 3.66. The normalized spacial score (nSPS) is 17.9. The van der Waals surface area contributed by atoms with Gasteiger partial charge >= 0.3 is 0 Å². The molecule has 2 heteroatoms. The number of ether oxygens (including phenoxy) is 1. The van der Waals surface area contributed by atoms with Crippen LogP contribution < -0.4 is 4.74 Å². The van der Waals surface area contributed by atoms with E-state index in [4.69, 9.17) is 4.74 Å². The molecule has 0 aromatic heterocycles. The second-order valence-electron chi connectivity index (χ2n) is 3.30. The van der Waals surface area contributed by atoms with E-state index in [1.165, 1.54) is 6.07 Å². The number of hydrogen-bond acceptors (Lipinski definition) is 1. The zero-order valence-corrected chi connectivity index (χ0v) is 9.23. The molecule has 78 valence electrons. The number of benzene rings is 1. The minimum atomic E-state index is -0.133. The number of fused-ring (bicyclic) bond motifs is 1. The van der Waals surface area contributed by atoms with Gasteiger partial charge in [-0.25, -0.2) is 4.39 Å². The summed E-state index contributed by atoms with van der Waals surface area (Å²) in [7, 11) is 0. The zero-order chi connectivity index (χ0) is 10.7. The van der Waals surface area contributed by atoms with Gasteiger partial charge in [-0.05, 0) is 24.6 Å². The van der Waals surface area contributed by atoms with E-state index in [0.29, 0.717) is 12.5 Å². The standard InChI is InChI=1S/C10H11FO.C2H6/c1-6-5-12-9-4-3-8(11)7(2)10(6)9;1-2/h3-4,6H,5H2,1-2H3;1-2H3. The quantitative estimate of drug-likeness (QED) is 0.615. The summed E-state index contributed by atoms with van der Waals surface area (Å²) in [4.78, 5) is 0. The van der Waals surface area contributed by atoms with Crippen LogP contribution in [0.25, 0.3) is 0 Å². The minimum Gasteiger partial charge on any atom is -0.493 e. The third-order valence-electron chi connectivity index (χ3n) is 2.39. The Hall–Kier alpha value is -1.05. The first kappa shape index (κ1) is 11.0. The fourth-order valence-electron chi connectivity index (χ4n) is 1.71. The van der Waals surface area contributed by atoms with Gasteiger partial charge in [-0.15, -0.1) is 0 Å². The molecule has 0 bridgehead atoms. The smallest absolute Gasteiger partial charge is 0.126 e. The van der Waals surface area contributed by atoms with Gasteiger partial charge in [0.2, 0.25) is 0 Å². The molecule has 1 aliphatic heterocycles. The van der Waals surface area contributed by atoms with E-state index < -0.39 is 0 Å². The molecule has 0 radical (unpaired) electrons. The van der Waals surface area contributed by atoms with Crippen molar-refractivity contribution < 1.29 is 9.13 Å². The van der Waals surface area contributed by atoms with Crippen molar-refractivity contribution in [2.75, 3.05) is 6.61 Å². The second-order valence-corrected chi connectivity index (χ2v) is 3.30. The lowest BCUT2D eigenvalue weighted by Gasteiger charge is -2.05. The Balaban J connectivity index is 0.000000461. The fraction of sp³-hybridized carbons (Fsp3) is 0.500. The molecular formula is C12H17FO. The van der Waals surface area contributed by atoms with Gasteiger partial charge in [-0.1, -0.05) is 20.8 Å². The molecule has 0 saturated heterocycles. The Morgan fingerprint density at radius 3 is 2.64 bits per heavy atom. The number of rotatable bonds is 0. The summed E-state index contributed by atoms with van der Waals surface area (Å²) >= 11 is 0. The van der Waals surface area contributed by atoms with Crippen LogP contribution in [0.5, 0.6) is 5.75 Å². The Labute approximate surface area is 84.9 Å². The van der Waals surface area contributed by atoms with Gasteiger partial charge in [0, 0.05) is 11.5 Å². The first-order chi connectivity index (χ1) is 6.70. The lowest BCUT2D eigenvalue weighted by molar-refractivity contribution is 0.337. The predicted molar refractivity (Wildman–Crippen MR) is 56.4 cm³/mol. The first-order valence-electron chi connectivity index (χ1n) is 5.12. The van der Waals surface area contributed by atoms with Crippen molar-refractivity contribution in [1.29, 1.82) is 0 Å². The summed E-state index contributed by atoms with van der Waals surface area (Å²) in [5, 5.41) is 0. The number of hydrogen-bond donors (Lipinski definition) is 0. The highest BCUT2D eigenvalue weighted by Crippen LogP contribution is 2.36. The monoisotopic (exact) mass is 196 g/mol. The zero-order valence-electron chi connectivity index (χ0n) is 9.23. The van der Waals surface area contributed by atoms with Crippen LogP contribution in [0, 0.1) is 12.7 Å². The lowest BCUT2D eigenvalue weighted by Crippen LogP contribution is -1.96. The Morgan fingerprint density at radius 1 is 1.36 bits per heavy atom. The average Bonchev–Trinajstić information content (AvgIpc) is 2.58. The highest BCUT2D eigenvalue weighted by Gasteiger charge is 2.23. The van der Waals surface area contributed by atoms with Crippen LogP contribution in [0.3, 0.4) is 0 Å². The fourth-order valence-corrected chi connectivity index (χ4v) is 1.71. The van der Waals surface area contributed by atoms with E-state index >= 15 is 0 Å². The van der Waals surface area contributed by atoms with Gasteiger partial charge < -0.3 is 4.74 Å². The second kappa shape index (κ2) is 4.45. The molecule has 0 amide bonds. The van der Waals surface area contributed by atoms with Gasteiger partial charge in [-0.3, -0.25) is 0 Å². The van der Waals surface area contributed by atoms with E-state index in [1.54, 1.807) is 13.0 Å². The van der Waals surface area contributed by atoms with Gasteiger partial charge in [0.1, 0.15) is 11.6 Å². The molecule has 0 saturated carbocycles. The van der Waals surface area contributed by atoms with Crippen molar-refractivity contribution in [2.45, 2.75) is 33.6 Å². The first-order valence-corrected chi connectivity index (χ1v) is 5.12. The van der Waals surface area contributed by atoms with Crippen molar-refractivity contribution in [3.8, 4) is 5.75 Å². The van der Waals surface area contributed by atoms with E-state index in [1.807, 2.05) is 13.8 Å². The SMILES string of the molecule is CC.Cc1c(F)ccc2c1C(C)CO2. The highest BCUT2D eigenvalue weighted by molar-refractivity contribution is 5.45. The molecule has 0 fully saturated rings. The van der Waals surface area contributed by atoms with Crippen molar-refractivity contribution in [3.05, 3.63) is 29.1 Å². The van der Waals surface area contributed by atoms with Crippen LogP contribution in [0.2, 0.25) is 0 Å². The summed E-state index contributed by atoms with van der Waals surface area (Å²) in [6.07, 6.45) is 0. The molecule has 1 unspecified atom stereocenters. The van der Waals surface area contributed by atoms with Crippen molar-refractivity contribution in [1.82, 2.24) is 0 Å². The lowest BCUT2D eigenvalue weighted by atomic mass is 9.98. The Kier molecular flexibility index (Phi) is 3.50. The van der Waals surface area contributed by atoms with Crippen LogP contribution in [0.4, 0.5) is 4.39 Å². The summed E-state index contributed by atoms with van der Waals surface area (Å²) in [6.45, 7) is 8.54. The average molecular weight is 196 g/mol. The molecule has 0 spiro atoms. The van der Waals surface area contributed by atoms with Crippen LogP contribution in [-0.2, 0) is 0 Å². The molecule has 1 aliphatic rings. The molecule has 0 N–H and O–H groups in total. The van der Waals surface area contributed by atoms with Gasteiger partial charge in [0.25, 0.3) is 0 Å². The molecule has 1 heterocycles. The molecule has 2 rings (SSSR count). The molecule has 1 aromatic rings.